The zero-order valence-corrected chi connectivity index (χ0v) is 18.6. The summed E-state index contributed by atoms with van der Waals surface area (Å²) in [6.07, 6.45) is 1.85. The molecule has 31 heavy (non-hydrogen) atoms. The predicted octanol–water partition coefficient (Wildman–Crippen LogP) is 5.24. The average Bonchev–Trinajstić information content (AvgIpc) is 2.75. The molecule has 1 N–H and O–H groups in total. The zero-order valence-electron chi connectivity index (χ0n) is 17.8. The van der Waals surface area contributed by atoms with Crippen molar-refractivity contribution in [2.75, 3.05) is 7.11 Å². The van der Waals surface area contributed by atoms with Crippen LogP contribution in [-0.2, 0) is 17.8 Å². The summed E-state index contributed by atoms with van der Waals surface area (Å²) in [4.78, 5) is 12.2. The van der Waals surface area contributed by atoms with Crippen molar-refractivity contribution in [2.24, 2.45) is 5.10 Å². The number of nitrogens with one attached hydrogen (secondary N) is 1. The number of amides is 1. The number of benzene rings is 3. The molecule has 3 rings (SSSR count). The number of aryl methyl sites for hydroxylation is 2. The zero-order chi connectivity index (χ0) is 22.2. The lowest BCUT2D eigenvalue weighted by Gasteiger charge is -2.12. The van der Waals surface area contributed by atoms with Gasteiger partial charge in [-0.2, -0.15) is 5.10 Å². The van der Waals surface area contributed by atoms with Crippen LogP contribution in [0, 0.1) is 13.8 Å². The first-order chi connectivity index (χ1) is 15.0. The summed E-state index contributed by atoms with van der Waals surface area (Å²) in [6, 6.07) is 19.0. The Morgan fingerprint density at radius 3 is 2.58 bits per heavy atom. The van der Waals surface area contributed by atoms with Crippen molar-refractivity contribution in [3.05, 3.63) is 93.5 Å². The highest BCUT2D eigenvalue weighted by molar-refractivity contribution is 6.31. The van der Waals surface area contributed by atoms with Gasteiger partial charge in [-0.15, -0.1) is 0 Å². The molecule has 0 saturated heterocycles. The molecule has 0 aromatic heterocycles. The normalized spacial score (nSPS) is 10.8. The maximum Gasteiger partial charge on any atom is 0.244 e. The van der Waals surface area contributed by atoms with Gasteiger partial charge < -0.3 is 9.47 Å². The Labute approximate surface area is 187 Å². The SMILES string of the molecule is COc1cc(/C=N/NC(=O)Cc2ccc(C)cc2C)ccc1OCc1ccccc1Cl. The number of carbonyl (C=O) groups is 1. The maximum atomic E-state index is 12.2. The van der Waals surface area contributed by atoms with Gasteiger partial charge in [0, 0.05) is 10.6 Å². The molecule has 6 heteroatoms. The van der Waals surface area contributed by atoms with Crippen molar-refractivity contribution >= 4 is 23.7 Å². The number of hydrogen-bond donors (Lipinski definition) is 1. The molecule has 0 aliphatic heterocycles. The Balaban J connectivity index is 1.59. The Bertz CT molecular complexity index is 1100. The highest BCUT2D eigenvalue weighted by Gasteiger charge is 2.08. The van der Waals surface area contributed by atoms with Gasteiger partial charge in [0.25, 0.3) is 0 Å². The van der Waals surface area contributed by atoms with Crippen molar-refractivity contribution in [2.45, 2.75) is 26.9 Å². The minimum absolute atomic E-state index is 0.171. The van der Waals surface area contributed by atoms with E-state index in [1.807, 2.05) is 56.3 Å². The largest absolute Gasteiger partial charge is 0.493 e. The van der Waals surface area contributed by atoms with Gasteiger partial charge in [-0.3, -0.25) is 4.79 Å². The standard InChI is InChI=1S/C25H25ClN2O3/c1-17-8-10-20(18(2)12-17)14-25(29)28-27-15-19-9-11-23(24(13-19)30-3)31-16-21-6-4-5-7-22(21)26/h4-13,15H,14,16H2,1-3H3,(H,28,29)/b27-15+. The van der Waals surface area contributed by atoms with E-state index in [0.29, 0.717) is 23.1 Å². The summed E-state index contributed by atoms with van der Waals surface area (Å²) in [5.41, 5.74) is 7.49. The predicted molar refractivity (Wildman–Crippen MR) is 124 cm³/mol. The monoisotopic (exact) mass is 436 g/mol. The molecule has 0 aliphatic carbocycles. The second-order valence-corrected chi connectivity index (χ2v) is 7.60. The second-order valence-electron chi connectivity index (χ2n) is 7.19. The molecule has 0 spiro atoms. The summed E-state index contributed by atoms with van der Waals surface area (Å²) in [5.74, 6) is 0.992. The van der Waals surface area contributed by atoms with Gasteiger partial charge in [-0.1, -0.05) is 53.6 Å². The van der Waals surface area contributed by atoms with E-state index in [0.717, 1.165) is 22.3 Å². The third-order valence-electron chi connectivity index (χ3n) is 4.78. The Kier molecular flexibility index (Phi) is 7.68. The molecular weight excluding hydrogens is 412 g/mol. The molecule has 3 aromatic rings. The van der Waals surface area contributed by atoms with E-state index in [1.54, 1.807) is 25.5 Å². The summed E-state index contributed by atoms with van der Waals surface area (Å²) in [6.45, 7) is 4.36. The summed E-state index contributed by atoms with van der Waals surface area (Å²) < 4.78 is 11.3. The number of carbonyl (C=O) groups excluding carboxylic acids is 1. The van der Waals surface area contributed by atoms with Gasteiger partial charge in [0.15, 0.2) is 11.5 Å². The molecule has 0 fully saturated rings. The van der Waals surface area contributed by atoms with Gasteiger partial charge in [0.1, 0.15) is 6.61 Å². The molecule has 0 atom stereocenters. The first kappa shape index (κ1) is 22.4. The van der Waals surface area contributed by atoms with Crippen LogP contribution in [0.15, 0.2) is 65.8 Å². The van der Waals surface area contributed by atoms with Crippen molar-refractivity contribution in [3.8, 4) is 11.5 Å². The molecule has 0 unspecified atom stereocenters. The number of hydrogen-bond acceptors (Lipinski definition) is 4. The second kappa shape index (κ2) is 10.6. The van der Waals surface area contributed by atoms with E-state index < -0.39 is 0 Å². The number of methoxy groups -OCH3 is 1. The van der Waals surface area contributed by atoms with Gasteiger partial charge in [-0.25, -0.2) is 5.43 Å². The average molecular weight is 437 g/mol. The minimum atomic E-state index is -0.171. The number of hydrazone groups is 1. The van der Waals surface area contributed by atoms with Crippen molar-refractivity contribution < 1.29 is 14.3 Å². The Morgan fingerprint density at radius 2 is 1.84 bits per heavy atom. The number of halogens is 1. The molecule has 0 bridgehead atoms. The van der Waals surface area contributed by atoms with Crippen molar-refractivity contribution in [1.82, 2.24) is 5.43 Å². The molecular formula is C25H25ClN2O3. The van der Waals surface area contributed by atoms with Gasteiger partial charge in [0.2, 0.25) is 5.91 Å². The lowest BCUT2D eigenvalue weighted by atomic mass is 10.0. The van der Waals surface area contributed by atoms with E-state index in [-0.39, 0.29) is 12.3 Å². The van der Waals surface area contributed by atoms with Crippen molar-refractivity contribution in [1.29, 1.82) is 0 Å². The van der Waals surface area contributed by atoms with E-state index in [9.17, 15) is 4.79 Å². The lowest BCUT2D eigenvalue weighted by Crippen LogP contribution is -2.20. The summed E-state index contributed by atoms with van der Waals surface area (Å²) >= 11 is 6.18. The van der Waals surface area contributed by atoms with Gasteiger partial charge in [-0.05, 0) is 54.8 Å². The molecule has 0 aliphatic rings. The molecule has 3 aromatic carbocycles. The highest BCUT2D eigenvalue weighted by atomic mass is 35.5. The molecule has 1 amide bonds. The topological polar surface area (TPSA) is 59.9 Å². The van der Waals surface area contributed by atoms with E-state index in [2.05, 4.69) is 16.6 Å². The van der Waals surface area contributed by atoms with Crippen LogP contribution in [-0.4, -0.2) is 19.2 Å². The molecule has 160 valence electrons. The van der Waals surface area contributed by atoms with Gasteiger partial charge in [0.05, 0.1) is 19.7 Å². The van der Waals surface area contributed by atoms with Crippen LogP contribution in [0.25, 0.3) is 0 Å². The fraction of sp³-hybridized carbons (Fsp3) is 0.200. The lowest BCUT2D eigenvalue weighted by molar-refractivity contribution is -0.120. The smallest absolute Gasteiger partial charge is 0.244 e. The van der Waals surface area contributed by atoms with E-state index in [4.69, 9.17) is 21.1 Å². The van der Waals surface area contributed by atoms with Gasteiger partial charge >= 0.3 is 0 Å². The van der Waals surface area contributed by atoms with Crippen LogP contribution in [0.5, 0.6) is 11.5 Å². The highest BCUT2D eigenvalue weighted by Crippen LogP contribution is 2.29. The Hall–Kier alpha value is -3.31. The minimum Gasteiger partial charge on any atom is -0.493 e. The third kappa shape index (κ3) is 6.33. The van der Waals surface area contributed by atoms with Crippen LogP contribution in [0.1, 0.15) is 27.8 Å². The summed E-state index contributed by atoms with van der Waals surface area (Å²) in [5, 5.41) is 4.71. The fourth-order valence-electron chi connectivity index (χ4n) is 3.09. The van der Waals surface area contributed by atoms with E-state index in [1.165, 1.54) is 5.56 Å². The van der Waals surface area contributed by atoms with Crippen molar-refractivity contribution in [3.63, 3.8) is 0 Å². The van der Waals surface area contributed by atoms with Crippen LogP contribution in [0.4, 0.5) is 0 Å². The molecule has 0 radical (unpaired) electrons. The van der Waals surface area contributed by atoms with E-state index >= 15 is 0 Å². The van der Waals surface area contributed by atoms with Crippen LogP contribution in [0.2, 0.25) is 5.02 Å². The summed E-state index contributed by atoms with van der Waals surface area (Å²) in [7, 11) is 1.57. The molecule has 0 heterocycles. The number of rotatable bonds is 8. The molecule has 0 saturated carbocycles. The maximum absolute atomic E-state index is 12.2. The Morgan fingerprint density at radius 1 is 1.03 bits per heavy atom. The molecule has 5 nitrogen and oxygen atoms in total. The van der Waals surface area contributed by atoms with Crippen LogP contribution >= 0.6 is 11.6 Å². The van der Waals surface area contributed by atoms with Crippen LogP contribution in [0.3, 0.4) is 0 Å². The first-order valence-corrected chi connectivity index (χ1v) is 10.3. The number of ether oxygens (including phenoxy) is 2. The quantitative estimate of drug-likeness (QED) is 0.388. The van der Waals surface area contributed by atoms with Crippen LogP contribution < -0.4 is 14.9 Å². The first-order valence-electron chi connectivity index (χ1n) is 9.88. The number of nitrogens with zero attached hydrogens (tertiary/aromatic N) is 1. The third-order valence-corrected chi connectivity index (χ3v) is 5.15. The fourth-order valence-corrected chi connectivity index (χ4v) is 3.28.